The molecule has 2 N–H and O–H groups in total. The molecule has 1 aromatic carbocycles. The second-order valence-corrected chi connectivity index (χ2v) is 10.5. The van der Waals surface area contributed by atoms with Gasteiger partial charge in [0.2, 0.25) is 0 Å². The van der Waals surface area contributed by atoms with Crippen molar-refractivity contribution in [2.45, 2.75) is 88.8 Å². The molecular formula is C29H39N7O2. The third-order valence-corrected chi connectivity index (χ3v) is 8.09. The lowest BCUT2D eigenvalue weighted by molar-refractivity contribution is 0.0381. The first-order valence-corrected chi connectivity index (χ1v) is 13.9. The largest absolute Gasteiger partial charge is 0.379 e. The van der Waals surface area contributed by atoms with Crippen LogP contribution >= 0.6 is 0 Å². The van der Waals surface area contributed by atoms with Crippen LogP contribution in [0.3, 0.4) is 0 Å². The molecule has 1 aliphatic carbocycles. The van der Waals surface area contributed by atoms with E-state index >= 15 is 0 Å². The number of nitrogens with zero attached hydrogens (tertiary/aromatic N) is 5. The number of H-pyrrole nitrogens is 1. The predicted molar refractivity (Wildman–Crippen MR) is 148 cm³/mol. The van der Waals surface area contributed by atoms with E-state index in [1.807, 2.05) is 33.7 Å². The molecule has 3 aromatic rings. The predicted octanol–water partition coefficient (Wildman–Crippen LogP) is 4.65. The first-order valence-electron chi connectivity index (χ1n) is 13.9. The third-order valence-electron chi connectivity index (χ3n) is 8.09. The Morgan fingerprint density at radius 3 is 2.68 bits per heavy atom. The minimum absolute atomic E-state index is 0.0547. The van der Waals surface area contributed by atoms with E-state index in [2.05, 4.69) is 63.3 Å². The lowest BCUT2D eigenvalue weighted by atomic mass is 9.78. The van der Waals surface area contributed by atoms with E-state index in [1.165, 1.54) is 12.8 Å². The molecule has 0 amide bonds. The molecule has 9 heteroatoms. The van der Waals surface area contributed by atoms with E-state index in [1.54, 1.807) is 7.11 Å². The van der Waals surface area contributed by atoms with Crippen molar-refractivity contribution < 1.29 is 4.74 Å². The maximum Gasteiger partial charge on any atom is 0.328 e. The monoisotopic (exact) mass is 517 g/mol. The highest BCUT2D eigenvalue weighted by Gasteiger charge is 2.33. The van der Waals surface area contributed by atoms with E-state index in [0.717, 1.165) is 61.8 Å². The number of aryl methyl sites for hydroxylation is 1. The summed E-state index contributed by atoms with van der Waals surface area (Å²) in [5, 5.41) is 17.6. The summed E-state index contributed by atoms with van der Waals surface area (Å²) in [6.45, 7) is 2.70. The number of aromatic amines is 1. The van der Waals surface area contributed by atoms with Crippen molar-refractivity contribution >= 4 is 0 Å². The highest BCUT2D eigenvalue weighted by Crippen LogP contribution is 2.34. The van der Waals surface area contributed by atoms with Crippen molar-refractivity contribution in [1.82, 2.24) is 35.1 Å². The smallest absolute Gasteiger partial charge is 0.328 e. The average Bonchev–Trinajstić information content (AvgIpc) is 3.58. The number of dihydropyridines is 1. The summed E-state index contributed by atoms with van der Waals surface area (Å²) < 4.78 is 9.94. The van der Waals surface area contributed by atoms with Crippen molar-refractivity contribution in [2.24, 2.45) is 0 Å². The second-order valence-electron chi connectivity index (χ2n) is 10.5. The van der Waals surface area contributed by atoms with Gasteiger partial charge in [-0.2, -0.15) is 0 Å². The molecule has 0 spiro atoms. The molecule has 2 aliphatic rings. The molecule has 0 radical (unpaired) electrons. The number of unbranched alkanes of at least 4 members (excludes halogenated alkanes) is 1. The molecule has 5 rings (SSSR count). The number of rotatable bonds is 9. The molecule has 202 valence electrons. The molecule has 1 saturated carbocycles. The Kier molecular flexibility index (Phi) is 8.22. The second kappa shape index (κ2) is 11.9. The van der Waals surface area contributed by atoms with Crippen LogP contribution in [0.15, 0.2) is 59.8 Å². The van der Waals surface area contributed by atoms with Crippen molar-refractivity contribution in [1.29, 1.82) is 0 Å². The van der Waals surface area contributed by atoms with Gasteiger partial charge in [0.25, 0.3) is 0 Å². The summed E-state index contributed by atoms with van der Waals surface area (Å²) in [6.07, 6.45) is 20.0. The van der Waals surface area contributed by atoms with Crippen molar-refractivity contribution in [2.75, 3.05) is 7.11 Å². The molecule has 1 fully saturated rings. The molecular weight excluding hydrogens is 478 g/mol. The van der Waals surface area contributed by atoms with Crippen molar-refractivity contribution in [3.63, 3.8) is 0 Å². The van der Waals surface area contributed by atoms with Crippen LogP contribution in [-0.4, -0.2) is 43.0 Å². The molecule has 0 saturated heterocycles. The van der Waals surface area contributed by atoms with Gasteiger partial charge in [0, 0.05) is 31.1 Å². The number of aromatic nitrogens is 6. The number of imidazole rings is 1. The number of tetrazole rings is 1. The van der Waals surface area contributed by atoms with E-state index in [-0.39, 0.29) is 17.8 Å². The quantitative estimate of drug-likeness (QED) is 0.428. The highest BCUT2D eigenvalue weighted by atomic mass is 16.5. The molecule has 1 aliphatic heterocycles. The van der Waals surface area contributed by atoms with E-state index in [9.17, 15) is 4.79 Å². The van der Waals surface area contributed by atoms with Gasteiger partial charge in [0.1, 0.15) is 0 Å². The van der Waals surface area contributed by atoms with Crippen molar-refractivity contribution in [3.8, 4) is 11.4 Å². The van der Waals surface area contributed by atoms with Gasteiger partial charge >= 0.3 is 5.69 Å². The molecule has 38 heavy (non-hydrogen) atoms. The van der Waals surface area contributed by atoms with Gasteiger partial charge in [-0.05, 0) is 60.1 Å². The van der Waals surface area contributed by atoms with Gasteiger partial charge in [0.15, 0.2) is 5.82 Å². The molecule has 2 atom stereocenters. The fourth-order valence-electron chi connectivity index (χ4n) is 5.93. The van der Waals surface area contributed by atoms with Gasteiger partial charge in [-0.3, -0.25) is 9.13 Å². The standard InChI is InChI=1S/C29H39N7O2/c1-3-4-12-24-20-35(25-13-7-5-6-8-14-26(25)38-2)28(37)36(24)21-29(15-17-30-18-16-29)23-11-9-10-22(19-23)27-31-33-34-32-27/h9-11,15-20,25-26,30H,3-8,12-14,21H2,1-2H3,(H,31,32,33,34). The van der Waals surface area contributed by atoms with Gasteiger partial charge < -0.3 is 10.1 Å². The average molecular weight is 518 g/mol. The lowest BCUT2D eigenvalue weighted by Gasteiger charge is -2.31. The molecule has 0 bridgehead atoms. The van der Waals surface area contributed by atoms with Crippen LogP contribution in [-0.2, 0) is 23.1 Å². The van der Waals surface area contributed by atoms with Crippen LogP contribution in [0.25, 0.3) is 11.4 Å². The molecule has 3 heterocycles. The maximum absolute atomic E-state index is 14.2. The molecule has 2 unspecified atom stereocenters. The highest BCUT2D eigenvalue weighted by molar-refractivity contribution is 5.57. The van der Waals surface area contributed by atoms with Gasteiger partial charge in [0.05, 0.1) is 17.6 Å². The van der Waals surface area contributed by atoms with Crippen LogP contribution in [0.5, 0.6) is 0 Å². The Morgan fingerprint density at radius 1 is 1.13 bits per heavy atom. The lowest BCUT2D eigenvalue weighted by Crippen LogP contribution is -2.39. The van der Waals surface area contributed by atoms with E-state index in [0.29, 0.717) is 12.4 Å². The van der Waals surface area contributed by atoms with Crippen LogP contribution in [0, 0.1) is 0 Å². The summed E-state index contributed by atoms with van der Waals surface area (Å²) in [6, 6.07) is 8.28. The van der Waals surface area contributed by atoms with Crippen LogP contribution in [0.1, 0.15) is 75.6 Å². The minimum atomic E-state index is -0.507. The number of methoxy groups -OCH3 is 1. The Labute approximate surface area is 224 Å². The molecule has 9 nitrogen and oxygen atoms in total. The zero-order valence-electron chi connectivity index (χ0n) is 22.5. The number of hydrogen-bond donors (Lipinski definition) is 2. The normalized spacial score (nSPS) is 21.1. The first-order chi connectivity index (χ1) is 18.6. The Balaban J connectivity index is 1.57. The Bertz CT molecular complexity index is 1290. The summed E-state index contributed by atoms with van der Waals surface area (Å²) >= 11 is 0. The van der Waals surface area contributed by atoms with Crippen LogP contribution in [0.4, 0.5) is 0 Å². The summed E-state index contributed by atoms with van der Waals surface area (Å²) in [4.78, 5) is 14.2. The number of nitrogens with one attached hydrogen (secondary N) is 2. The van der Waals surface area contributed by atoms with E-state index < -0.39 is 5.41 Å². The molecule has 2 aromatic heterocycles. The van der Waals surface area contributed by atoms with Crippen LogP contribution < -0.4 is 11.0 Å². The topological polar surface area (TPSA) is 103 Å². The fraction of sp³-hybridized carbons (Fsp3) is 0.517. The SMILES string of the molecule is CCCCc1cn(C2CCCCCCC2OC)c(=O)n1CC1(c2cccc(-c3nnn[nH]3)c2)C=CNC=C1. The fourth-order valence-corrected chi connectivity index (χ4v) is 5.93. The maximum atomic E-state index is 14.2. The number of allylic oxidation sites excluding steroid dienone is 2. The summed E-state index contributed by atoms with van der Waals surface area (Å²) in [5.74, 6) is 0.616. The zero-order valence-corrected chi connectivity index (χ0v) is 22.5. The number of ether oxygens (including phenoxy) is 1. The van der Waals surface area contributed by atoms with Crippen molar-refractivity contribution in [3.05, 3.63) is 76.8 Å². The zero-order chi connectivity index (χ0) is 26.4. The Morgan fingerprint density at radius 2 is 1.95 bits per heavy atom. The number of hydrogen-bond acceptors (Lipinski definition) is 6. The third kappa shape index (κ3) is 5.38. The van der Waals surface area contributed by atoms with Gasteiger partial charge in [-0.1, -0.05) is 69.4 Å². The van der Waals surface area contributed by atoms with E-state index in [4.69, 9.17) is 4.74 Å². The number of benzene rings is 1. The summed E-state index contributed by atoms with van der Waals surface area (Å²) in [7, 11) is 1.79. The first kappa shape index (κ1) is 26.2. The van der Waals surface area contributed by atoms with Gasteiger partial charge in [-0.25, -0.2) is 9.89 Å². The summed E-state index contributed by atoms with van der Waals surface area (Å²) in [5.41, 5.74) is 2.61. The van der Waals surface area contributed by atoms with Crippen LogP contribution in [0.2, 0.25) is 0 Å². The van der Waals surface area contributed by atoms with Gasteiger partial charge in [-0.15, -0.1) is 5.10 Å². The Hall–Kier alpha value is -3.46. The minimum Gasteiger partial charge on any atom is -0.379 e.